The molecule has 0 radical (unpaired) electrons. The molecular formula is C11H20Cl3N2Ti. The molecule has 0 spiro atoms. The van der Waals surface area contributed by atoms with Crippen LogP contribution in [0.1, 0.15) is 0 Å². The first-order valence-corrected chi connectivity index (χ1v) is 8.26. The second-order valence-electron chi connectivity index (χ2n) is 3.69. The zero-order valence-corrected chi connectivity index (χ0v) is 13.9. The molecule has 2 rings (SSSR count). The molecule has 17 heavy (non-hydrogen) atoms. The second-order valence-corrected chi connectivity index (χ2v) is 7.41. The van der Waals surface area contributed by atoms with Crippen molar-refractivity contribution in [3.05, 3.63) is 30.3 Å². The summed E-state index contributed by atoms with van der Waals surface area (Å²) < 4.78 is 4.29. The van der Waals surface area contributed by atoms with Gasteiger partial charge in [-0.1, -0.05) is 0 Å². The van der Waals surface area contributed by atoms with Crippen LogP contribution in [0.15, 0.2) is 30.3 Å². The summed E-state index contributed by atoms with van der Waals surface area (Å²) >= 11 is -1.13. The molecule has 1 aromatic rings. The molecule has 0 bridgehead atoms. The summed E-state index contributed by atoms with van der Waals surface area (Å²) in [5.41, 5.74) is 0. The van der Waals surface area contributed by atoms with E-state index in [-0.39, 0.29) is 37.2 Å². The Morgan fingerprint density at radius 1 is 1.00 bits per heavy atom. The number of halogens is 3. The Kier molecular flexibility index (Phi) is 12.5. The van der Waals surface area contributed by atoms with Crippen LogP contribution < -0.4 is 9.18 Å². The molecule has 1 aromatic carbocycles. The van der Waals surface area contributed by atoms with Crippen LogP contribution in [0.3, 0.4) is 0 Å². The topological polar surface area (TPSA) is 15.3 Å². The number of nitrogens with zero attached hydrogens (tertiary/aromatic N) is 1. The van der Waals surface area contributed by atoms with Crippen LogP contribution in [-0.4, -0.2) is 29.6 Å². The van der Waals surface area contributed by atoms with Gasteiger partial charge in [0.15, 0.2) is 0 Å². The van der Waals surface area contributed by atoms with Gasteiger partial charge in [0, 0.05) is 0 Å². The maximum atomic E-state index is 3.41. The first kappa shape index (κ1) is 20.1. The molecular weight excluding hydrogens is 314 g/mol. The summed E-state index contributed by atoms with van der Waals surface area (Å²) in [6.45, 7) is 4.80. The molecule has 1 fully saturated rings. The summed E-state index contributed by atoms with van der Waals surface area (Å²) in [7, 11) is 0. The molecule has 1 N–H and O–H groups in total. The van der Waals surface area contributed by atoms with E-state index < -0.39 is 18.1 Å². The van der Waals surface area contributed by atoms with Crippen LogP contribution in [0.5, 0.6) is 0 Å². The van der Waals surface area contributed by atoms with Crippen molar-refractivity contribution in [3.8, 4) is 0 Å². The molecule has 1 aliphatic rings. The molecule has 0 amide bonds. The van der Waals surface area contributed by atoms with Gasteiger partial charge in [-0.15, -0.1) is 37.2 Å². The van der Waals surface area contributed by atoms with Crippen LogP contribution in [0.25, 0.3) is 0 Å². The molecule has 0 saturated carbocycles. The number of hydrogen-bond acceptors (Lipinski definition) is 2. The van der Waals surface area contributed by atoms with Crippen LogP contribution >= 0.6 is 37.2 Å². The van der Waals surface area contributed by atoms with E-state index in [9.17, 15) is 0 Å². The van der Waals surface area contributed by atoms with Crippen molar-refractivity contribution in [3.63, 3.8) is 0 Å². The SMILES string of the molecule is Cl.Cl.Cl.[CH3][Ti]([c]1ccccc1)[N]1CCNCC1. The molecule has 0 atom stereocenters. The van der Waals surface area contributed by atoms with Gasteiger partial charge in [0.1, 0.15) is 0 Å². The molecule has 1 saturated heterocycles. The molecule has 1 heterocycles. The minimum atomic E-state index is -1.13. The van der Waals surface area contributed by atoms with Gasteiger partial charge in [-0.2, -0.15) is 0 Å². The summed E-state index contributed by atoms with van der Waals surface area (Å²) in [6, 6.07) is 11.0. The zero-order valence-electron chi connectivity index (χ0n) is 9.89. The van der Waals surface area contributed by atoms with Crippen molar-refractivity contribution >= 4 is 41.1 Å². The molecule has 0 aromatic heterocycles. The number of hydrogen-bond donors (Lipinski definition) is 1. The first-order valence-electron chi connectivity index (χ1n) is 5.22. The van der Waals surface area contributed by atoms with E-state index in [1.807, 2.05) is 0 Å². The van der Waals surface area contributed by atoms with Crippen LogP contribution in [-0.2, 0) is 18.1 Å². The van der Waals surface area contributed by atoms with E-state index in [0.717, 1.165) is 13.1 Å². The minimum absolute atomic E-state index is 0. The van der Waals surface area contributed by atoms with Crippen molar-refractivity contribution in [2.24, 2.45) is 0 Å². The quantitative estimate of drug-likeness (QED) is 0.833. The van der Waals surface area contributed by atoms with Crippen molar-refractivity contribution in [2.75, 3.05) is 26.2 Å². The van der Waals surface area contributed by atoms with Crippen molar-refractivity contribution in [1.29, 1.82) is 0 Å². The standard InChI is InChI=1S/C6H5.C4H9N2.CH3.3ClH.Ti/c1-2-4-6-5-3-1;1-2-6-4-3-5-1;;;;;/h1-5H;5H,1-4H2;1H3;3*1H;/q;-1;;;;;+1. The fraction of sp³-hybridized carbons (Fsp3) is 0.455. The number of rotatable bonds is 2. The van der Waals surface area contributed by atoms with Crippen LogP contribution in [0, 0.1) is 0 Å². The normalized spacial score (nSPS) is 14.9. The molecule has 99 valence electrons. The van der Waals surface area contributed by atoms with Gasteiger partial charge in [-0.3, -0.25) is 0 Å². The van der Waals surface area contributed by atoms with Gasteiger partial charge in [-0.05, 0) is 0 Å². The van der Waals surface area contributed by atoms with E-state index >= 15 is 0 Å². The summed E-state index contributed by atoms with van der Waals surface area (Å²) in [5, 5.41) is 5.87. The van der Waals surface area contributed by atoms with Gasteiger partial charge in [-0.25, -0.2) is 0 Å². The fourth-order valence-electron chi connectivity index (χ4n) is 1.86. The predicted octanol–water partition coefficient (Wildman–Crippen LogP) is 2.06. The third-order valence-corrected chi connectivity index (χ3v) is 6.79. The van der Waals surface area contributed by atoms with E-state index in [1.54, 1.807) is 3.87 Å². The third-order valence-electron chi connectivity index (χ3n) is 2.78. The van der Waals surface area contributed by atoms with E-state index in [2.05, 4.69) is 44.3 Å². The third kappa shape index (κ3) is 5.93. The van der Waals surface area contributed by atoms with Gasteiger partial charge in [0.25, 0.3) is 0 Å². The fourth-order valence-corrected chi connectivity index (χ4v) is 4.88. The molecule has 1 aliphatic heterocycles. The van der Waals surface area contributed by atoms with Crippen LogP contribution in [0.4, 0.5) is 0 Å². The maximum absolute atomic E-state index is 3.41. The Hall–Kier alpha value is 0.724. The monoisotopic (exact) mass is 333 g/mol. The summed E-state index contributed by atoms with van der Waals surface area (Å²) in [5.74, 6) is 0. The van der Waals surface area contributed by atoms with Crippen molar-refractivity contribution < 1.29 is 18.1 Å². The van der Waals surface area contributed by atoms with E-state index in [1.165, 1.54) is 13.1 Å². The van der Waals surface area contributed by atoms with Gasteiger partial charge >= 0.3 is 92.4 Å². The molecule has 6 heteroatoms. The molecule has 2 nitrogen and oxygen atoms in total. The number of nitrogens with one attached hydrogen (secondary N) is 1. The second kappa shape index (κ2) is 10.6. The summed E-state index contributed by atoms with van der Waals surface area (Å²) in [4.78, 5) is 0. The Morgan fingerprint density at radius 2 is 1.53 bits per heavy atom. The van der Waals surface area contributed by atoms with Gasteiger partial charge in [0.2, 0.25) is 0 Å². The predicted molar refractivity (Wildman–Crippen MR) is 78.1 cm³/mol. The Labute approximate surface area is 129 Å². The average Bonchev–Trinajstić information content (AvgIpc) is 2.30. The molecule has 0 unspecified atom stereocenters. The summed E-state index contributed by atoms with van der Waals surface area (Å²) in [6.07, 6.45) is 0. The van der Waals surface area contributed by atoms with Crippen molar-refractivity contribution in [2.45, 2.75) is 5.23 Å². The molecule has 0 aliphatic carbocycles. The zero-order chi connectivity index (χ0) is 9.80. The Balaban J connectivity index is 0. The van der Waals surface area contributed by atoms with Crippen molar-refractivity contribution in [1.82, 2.24) is 8.70 Å². The first-order chi connectivity index (χ1) is 6.88. The van der Waals surface area contributed by atoms with Gasteiger partial charge < -0.3 is 0 Å². The number of piperazine rings is 1. The average molecular weight is 335 g/mol. The van der Waals surface area contributed by atoms with E-state index in [4.69, 9.17) is 0 Å². The Morgan fingerprint density at radius 3 is 2.06 bits per heavy atom. The van der Waals surface area contributed by atoms with E-state index in [0.29, 0.717) is 0 Å². The number of benzene rings is 1. The van der Waals surface area contributed by atoms with Gasteiger partial charge in [0.05, 0.1) is 0 Å². The Bertz CT molecular complexity index is 281. The van der Waals surface area contributed by atoms with Crippen LogP contribution in [0.2, 0.25) is 5.23 Å².